The van der Waals surface area contributed by atoms with Crippen molar-refractivity contribution in [3.05, 3.63) is 65.4 Å². The summed E-state index contributed by atoms with van der Waals surface area (Å²) in [5, 5.41) is 9.93. The number of rotatable bonds is 10. The summed E-state index contributed by atoms with van der Waals surface area (Å²) in [6.45, 7) is 6.41. The van der Waals surface area contributed by atoms with E-state index >= 15 is 0 Å². The Morgan fingerprint density at radius 2 is 1.76 bits per heavy atom. The van der Waals surface area contributed by atoms with Crippen molar-refractivity contribution >= 4 is 5.97 Å². The molecule has 2 heterocycles. The van der Waals surface area contributed by atoms with Gasteiger partial charge in [-0.15, -0.1) is 0 Å². The van der Waals surface area contributed by atoms with E-state index in [1.165, 1.54) is 19.3 Å². The van der Waals surface area contributed by atoms with E-state index in [0.717, 1.165) is 35.7 Å². The van der Waals surface area contributed by atoms with Gasteiger partial charge in [0.05, 0.1) is 12.3 Å². The third-order valence-electron chi connectivity index (χ3n) is 7.58. The molecule has 2 aliphatic rings. The molecule has 0 bridgehead atoms. The van der Waals surface area contributed by atoms with E-state index in [1.54, 1.807) is 25.1 Å². The number of ether oxygens (including phenoxy) is 4. The van der Waals surface area contributed by atoms with Gasteiger partial charge in [0.25, 0.3) is 0 Å². The Bertz CT molecular complexity index is 1280. The van der Waals surface area contributed by atoms with Crippen LogP contribution in [0.4, 0.5) is 0 Å². The number of carboxylic acid groups (broad SMARTS) is 1. The Kier molecular flexibility index (Phi) is 7.23. The predicted octanol–water partition coefficient (Wildman–Crippen LogP) is 6.02. The molecule has 8 nitrogen and oxygen atoms in total. The topological polar surface area (TPSA) is 100 Å². The zero-order chi connectivity index (χ0) is 26.8. The smallest absolute Gasteiger partial charge is 0.348 e. The number of hydrogen-bond donors (Lipinski definition) is 1. The first kappa shape index (κ1) is 25.9. The molecule has 1 aliphatic carbocycles. The van der Waals surface area contributed by atoms with Gasteiger partial charge in [0, 0.05) is 24.3 Å². The monoisotopic (exact) mass is 521 g/mol. The van der Waals surface area contributed by atoms with E-state index in [4.69, 9.17) is 28.3 Å². The number of aliphatic carboxylic acids is 1. The summed E-state index contributed by atoms with van der Waals surface area (Å²) < 4.78 is 28.6. The van der Waals surface area contributed by atoms with Crippen LogP contribution in [0.3, 0.4) is 0 Å². The Labute approximate surface area is 222 Å². The molecular formula is C30H35NO7. The molecule has 202 valence electrons. The van der Waals surface area contributed by atoms with Crippen molar-refractivity contribution in [2.45, 2.75) is 76.7 Å². The number of aryl methyl sites for hydroxylation is 1. The molecule has 0 radical (unpaired) electrons. The number of benzene rings is 2. The molecule has 1 aromatic heterocycles. The first-order chi connectivity index (χ1) is 18.2. The van der Waals surface area contributed by atoms with E-state index in [2.05, 4.69) is 6.92 Å². The summed E-state index contributed by atoms with van der Waals surface area (Å²) >= 11 is 0. The molecule has 0 spiro atoms. The normalized spacial score (nSPS) is 17.6. The van der Waals surface area contributed by atoms with E-state index < -0.39 is 11.6 Å². The van der Waals surface area contributed by atoms with Gasteiger partial charge in [0.1, 0.15) is 17.3 Å². The minimum Gasteiger partial charge on any atom is -0.493 e. The van der Waals surface area contributed by atoms with Gasteiger partial charge in [-0.2, -0.15) is 0 Å². The molecule has 5 rings (SSSR count). The van der Waals surface area contributed by atoms with Crippen LogP contribution < -0.4 is 18.9 Å². The van der Waals surface area contributed by atoms with E-state index in [1.807, 2.05) is 31.2 Å². The molecule has 3 aromatic rings. The second kappa shape index (κ2) is 10.6. The second-order valence-electron chi connectivity index (χ2n) is 10.7. The number of oxazole rings is 1. The first-order valence-corrected chi connectivity index (χ1v) is 13.2. The standard InChI is InChI=1S/C30H35NO7/c1-20-24(31-27(37-20)29(2)14-5-4-6-15-29)13-16-34-22-9-7-21(8-10-22)18-30(3,28(32)33)38-23-11-12-25-26(17-23)36-19-35-25/h7-12,17H,4-6,13-16,18-19H2,1-3H3,(H,32,33). The van der Waals surface area contributed by atoms with Crippen molar-refractivity contribution in [3.63, 3.8) is 0 Å². The van der Waals surface area contributed by atoms with Crippen LogP contribution in [0.25, 0.3) is 0 Å². The highest BCUT2D eigenvalue weighted by Gasteiger charge is 2.37. The molecule has 1 fully saturated rings. The summed E-state index contributed by atoms with van der Waals surface area (Å²) in [5.41, 5.74) is 0.337. The molecule has 2 aromatic carbocycles. The number of carbonyl (C=O) groups is 1. The van der Waals surface area contributed by atoms with Crippen LogP contribution in [0.15, 0.2) is 46.9 Å². The zero-order valence-electron chi connectivity index (χ0n) is 22.2. The summed E-state index contributed by atoms with van der Waals surface area (Å²) in [6.07, 6.45) is 6.82. The number of aromatic nitrogens is 1. The maximum absolute atomic E-state index is 12.1. The molecule has 1 unspecified atom stereocenters. The van der Waals surface area contributed by atoms with Crippen molar-refractivity contribution in [1.82, 2.24) is 4.98 Å². The molecule has 0 saturated heterocycles. The number of nitrogens with zero attached hydrogens (tertiary/aromatic N) is 1. The lowest BCUT2D eigenvalue weighted by molar-refractivity contribution is -0.153. The molecule has 0 amide bonds. The fourth-order valence-corrected chi connectivity index (χ4v) is 5.18. The van der Waals surface area contributed by atoms with Gasteiger partial charge in [-0.25, -0.2) is 9.78 Å². The third kappa shape index (κ3) is 5.59. The molecular weight excluding hydrogens is 486 g/mol. The average molecular weight is 522 g/mol. The van der Waals surface area contributed by atoms with Crippen LogP contribution in [-0.4, -0.2) is 35.1 Å². The minimum atomic E-state index is -1.47. The number of hydrogen-bond acceptors (Lipinski definition) is 7. The van der Waals surface area contributed by atoms with Crippen molar-refractivity contribution in [2.24, 2.45) is 0 Å². The predicted molar refractivity (Wildman–Crippen MR) is 140 cm³/mol. The number of fused-ring (bicyclic) bond motifs is 1. The minimum absolute atomic E-state index is 0.0366. The molecule has 1 atom stereocenters. The highest BCUT2D eigenvalue weighted by atomic mass is 16.7. The van der Waals surface area contributed by atoms with Gasteiger partial charge in [-0.1, -0.05) is 38.3 Å². The molecule has 1 N–H and O–H groups in total. The summed E-state index contributed by atoms with van der Waals surface area (Å²) in [4.78, 5) is 17.0. The van der Waals surface area contributed by atoms with Crippen LogP contribution in [0.2, 0.25) is 0 Å². The van der Waals surface area contributed by atoms with Gasteiger partial charge in [-0.3, -0.25) is 0 Å². The Morgan fingerprint density at radius 1 is 1.05 bits per heavy atom. The summed E-state index contributed by atoms with van der Waals surface area (Å²) in [7, 11) is 0. The van der Waals surface area contributed by atoms with Crippen molar-refractivity contribution in [3.8, 4) is 23.0 Å². The molecule has 8 heteroatoms. The van der Waals surface area contributed by atoms with Gasteiger partial charge in [0.2, 0.25) is 18.3 Å². The van der Waals surface area contributed by atoms with Gasteiger partial charge in [-0.05, 0) is 56.5 Å². The van der Waals surface area contributed by atoms with E-state index in [9.17, 15) is 9.90 Å². The average Bonchev–Trinajstić information content (AvgIpc) is 3.52. The van der Waals surface area contributed by atoms with Gasteiger partial charge < -0.3 is 28.5 Å². The largest absolute Gasteiger partial charge is 0.493 e. The van der Waals surface area contributed by atoms with Crippen molar-refractivity contribution in [1.29, 1.82) is 0 Å². The summed E-state index contributed by atoms with van der Waals surface area (Å²) in [5.74, 6) is 2.94. The van der Waals surface area contributed by atoms with Crippen LogP contribution in [0, 0.1) is 6.92 Å². The van der Waals surface area contributed by atoms with Gasteiger partial charge in [0.15, 0.2) is 11.5 Å². The second-order valence-corrected chi connectivity index (χ2v) is 10.7. The molecule has 1 aliphatic heterocycles. The third-order valence-corrected chi connectivity index (χ3v) is 7.58. The quantitative estimate of drug-likeness (QED) is 0.346. The maximum Gasteiger partial charge on any atom is 0.348 e. The Morgan fingerprint density at radius 3 is 2.50 bits per heavy atom. The lowest BCUT2D eigenvalue weighted by Gasteiger charge is -2.30. The zero-order valence-corrected chi connectivity index (χ0v) is 22.2. The van der Waals surface area contributed by atoms with Crippen LogP contribution in [0.1, 0.15) is 68.9 Å². The maximum atomic E-state index is 12.1. The molecule has 1 saturated carbocycles. The summed E-state index contributed by atoms with van der Waals surface area (Å²) in [6, 6.07) is 12.5. The van der Waals surface area contributed by atoms with Gasteiger partial charge >= 0.3 is 5.97 Å². The molecule has 38 heavy (non-hydrogen) atoms. The van der Waals surface area contributed by atoms with E-state index in [-0.39, 0.29) is 18.6 Å². The Balaban J connectivity index is 1.17. The van der Waals surface area contributed by atoms with E-state index in [0.29, 0.717) is 36.0 Å². The fourth-order valence-electron chi connectivity index (χ4n) is 5.18. The van der Waals surface area contributed by atoms with Crippen molar-refractivity contribution in [2.75, 3.05) is 13.4 Å². The SMILES string of the molecule is Cc1oc(C2(C)CCCCC2)nc1CCOc1ccc(CC(C)(Oc2ccc3c(c2)OCO3)C(=O)O)cc1. The Hall–Kier alpha value is -3.68. The fraction of sp³-hybridized carbons (Fsp3) is 0.467. The van der Waals surface area contributed by atoms with Crippen molar-refractivity contribution < 1.29 is 33.3 Å². The lowest BCUT2D eigenvalue weighted by atomic mass is 9.76. The number of carboxylic acids is 1. The lowest BCUT2D eigenvalue weighted by Crippen LogP contribution is -2.43. The highest BCUT2D eigenvalue weighted by Crippen LogP contribution is 2.39. The first-order valence-electron chi connectivity index (χ1n) is 13.2. The van der Waals surface area contributed by atoms with Crippen LogP contribution in [0.5, 0.6) is 23.0 Å². The van der Waals surface area contributed by atoms with Crippen LogP contribution >= 0.6 is 0 Å². The highest BCUT2D eigenvalue weighted by molar-refractivity contribution is 5.78. The van der Waals surface area contributed by atoms with Crippen LogP contribution in [-0.2, 0) is 23.1 Å².